The maximum Gasteiger partial charge on any atom is 0.240 e. The Bertz CT molecular complexity index is 428. The molecule has 70 valence electrons. The van der Waals surface area contributed by atoms with Crippen LogP contribution in [0.3, 0.4) is 0 Å². The quantitative estimate of drug-likeness (QED) is 0.536. The largest absolute Gasteiger partial charge is 0.240 e. The van der Waals surface area contributed by atoms with Crippen LogP contribution in [-0.2, 0) is 16.1 Å². The third-order valence-corrected chi connectivity index (χ3v) is 1.82. The van der Waals surface area contributed by atoms with E-state index in [1.807, 2.05) is 13.0 Å². The van der Waals surface area contributed by atoms with Gasteiger partial charge in [0.15, 0.2) is 0 Å². The van der Waals surface area contributed by atoms with Gasteiger partial charge in [0.2, 0.25) is 12.2 Å². The molecule has 0 amide bonds. The molecule has 0 aliphatic heterocycles. The zero-order chi connectivity index (χ0) is 10.4. The third-order valence-electron chi connectivity index (χ3n) is 1.82. The summed E-state index contributed by atoms with van der Waals surface area (Å²) in [4.78, 5) is 26.9. The van der Waals surface area contributed by atoms with Crippen molar-refractivity contribution in [3.05, 3.63) is 29.3 Å². The van der Waals surface area contributed by atoms with E-state index in [1.165, 1.54) is 12.2 Å². The molecule has 0 aliphatic rings. The first-order valence-corrected chi connectivity index (χ1v) is 3.99. The molecule has 0 saturated carbocycles. The van der Waals surface area contributed by atoms with Crippen molar-refractivity contribution in [3.8, 4) is 0 Å². The Balaban J connectivity index is 3.06. The van der Waals surface area contributed by atoms with Crippen LogP contribution in [0.4, 0.5) is 5.69 Å². The van der Waals surface area contributed by atoms with Gasteiger partial charge in [0, 0.05) is 0 Å². The molecule has 0 saturated heterocycles. The lowest BCUT2D eigenvalue weighted by molar-refractivity contribution is 0.562. The standard InChI is InChI=1S/C10H8N2O2/c1-8-2-3-10(12-7-14)4-9(8)5-11-6-13/h2-4H,5H2,1H3. The minimum Gasteiger partial charge on any atom is -0.211 e. The summed E-state index contributed by atoms with van der Waals surface area (Å²) < 4.78 is 0. The van der Waals surface area contributed by atoms with Gasteiger partial charge in [0.1, 0.15) is 0 Å². The topological polar surface area (TPSA) is 58.9 Å². The molecule has 0 unspecified atom stereocenters. The lowest BCUT2D eigenvalue weighted by Gasteiger charge is -2.01. The average Bonchev–Trinajstić information content (AvgIpc) is 2.19. The van der Waals surface area contributed by atoms with E-state index in [1.54, 1.807) is 12.1 Å². The molecule has 0 atom stereocenters. The number of isocyanates is 2. The molecule has 4 nitrogen and oxygen atoms in total. The molecule has 1 aromatic rings. The molecule has 1 aromatic carbocycles. The summed E-state index contributed by atoms with van der Waals surface area (Å²) in [6.45, 7) is 2.15. The molecule has 0 N–H and O–H groups in total. The van der Waals surface area contributed by atoms with Crippen molar-refractivity contribution >= 4 is 17.8 Å². The Kier molecular flexibility index (Phi) is 3.50. The van der Waals surface area contributed by atoms with Crippen LogP contribution in [0.15, 0.2) is 28.2 Å². The fourth-order valence-electron chi connectivity index (χ4n) is 1.07. The first-order chi connectivity index (χ1) is 6.77. The van der Waals surface area contributed by atoms with E-state index >= 15 is 0 Å². The van der Waals surface area contributed by atoms with Gasteiger partial charge in [-0.2, -0.15) is 4.99 Å². The van der Waals surface area contributed by atoms with Crippen molar-refractivity contribution < 1.29 is 9.59 Å². The van der Waals surface area contributed by atoms with E-state index in [-0.39, 0.29) is 6.54 Å². The molecule has 0 aliphatic carbocycles. The van der Waals surface area contributed by atoms with Crippen molar-refractivity contribution in [2.24, 2.45) is 9.98 Å². The second kappa shape index (κ2) is 4.87. The van der Waals surface area contributed by atoms with Gasteiger partial charge in [-0.3, -0.25) is 0 Å². The highest BCUT2D eigenvalue weighted by molar-refractivity contribution is 5.51. The van der Waals surface area contributed by atoms with Crippen LogP contribution in [0.2, 0.25) is 0 Å². The highest BCUT2D eigenvalue weighted by atomic mass is 16.1. The van der Waals surface area contributed by atoms with Gasteiger partial charge in [-0.05, 0) is 30.2 Å². The molecule has 14 heavy (non-hydrogen) atoms. The van der Waals surface area contributed by atoms with Gasteiger partial charge in [-0.25, -0.2) is 14.6 Å². The van der Waals surface area contributed by atoms with Crippen LogP contribution in [0, 0.1) is 6.92 Å². The van der Waals surface area contributed by atoms with Crippen molar-refractivity contribution in [2.45, 2.75) is 13.5 Å². The smallest absolute Gasteiger partial charge is 0.211 e. The molecule has 0 fully saturated rings. The van der Waals surface area contributed by atoms with Gasteiger partial charge in [-0.1, -0.05) is 6.07 Å². The molecule has 0 bridgehead atoms. The van der Waals surface area contributed by atoms with E-state index in [0.717, 1.165) is 11.1 Å². The summed E-state index contributed by atoms with van der Waals surface area (Å²) >= 11 is 0. The van der Waals surface area contributed by atoms with Crippen LogP contribution in [-0.4, -0.2) is 12.2 Å². The van der Waals surface area contributed by atoms with E-state index in [2.05, 4.69) is 9.98 Å². The molecular weight excluding hydrogens is 180 g/mol. The molecule has 0 radical (unpaired) electrons. The molecular formula is C10H8N2O2. The Hall–Kier alpha value is -2.02. The fraction of sp³-hybridized carbons (Fsp3) is 0.200. The van der Waals surface area contributed by atoms with Gasteiger partial charge in [-0.15, -0.1) is 0 Å². The van der Waals surface area contributed by atoms with Gasteiger partial charge >= 0.3 is 0 Å². The highest BCUT2D eigenvalue weighted by Crippen LogP contribution is 2.17. The zero-order valence-electron chi connectivity index (χ0n) is 7.65. The third kappa shape index (κ3) is 2.49. The Morgan fingerprint density at radius 2 is 2.07 bits per heavy atom. The summed E-state index contributed by atoms with van der Waals surface area (Å²) in [6, 6.07) is 5.21. The average molecular weight is 188 g/mol. The predicted molar refractivity (Wildman–Crippen MR) is 50.8 cm³/mol. The van der Waals surface area contributed by atoms with E-state index in [9.17, 15) is 9.59 Å². The summed E-state index contributed by atoms with van der Waals surface area (Å²) in [5.74, 6) is 0. The van der Waals surface area contributed by atoms with Crippen molar-refractivity contribution in [2.75, 3.05) is 0 Å². The minimum atomic E-state index is 0.261. The first kappa shape index (κ1) is 10.1. The van der Waals surface area contributed by atoms with Crippen LogP contribution in [0.25, 0.3) is 0 Å². The Morgan fingerprint density at radius 1 is 1.29 bits per heavy atom. The minimum absolute atomic E-state index is 0.261. The number of aryl methyl sites for hydroxylation is 1. The predicted octanol–water partition coefficient (Wildman–Crippen LogP) is 1.80. The summed E-state index contributed by atoms with van der Waals surface area (Å²) in [5.41, 5.74) is 2.36. The fourth-order valence-corrected chi connectivity index (χ4v) is 1.07. The van der Waals surface area contributed by atoms with Crippen LogP contribution in [0.1, 0.15) is 11.1 Å². The van der Waals surface area contributed by atoms with Gasteiger partial charge in [0.05, 0.1) is 12.2 Å². The van der Waals surface area contributed by atoms with Crippen molar-refractivity contribution in [3.63, 3.8) is 0 Å². The Morgan fingerprint density at radius 3 is 2.71 bits per heavy atom. The van der Waals surface area contributed by atoms with Crippen LogP contribution >= 0.6 is 0 Å². The number of carbonyl (C=O) groups excluding carboxylic acids is 2. The van der Waals surface area contributed by atoms with Crippen LogP contribution < -0.4 is 0 Å². The van der Waals surface area contributed by atoms with E-state index in [4.69, 9.17) is 0 Å². The number of aliphatic imine (C=N–C) groups is 2. The number of benzene rings is 1. The second-order valence-electron chi connectivity index (χ2n) is 2.72. The second-order valence-corrected chi connectivity index (χ2v) is 2.72. The molecule has 4 heteroatoms. The first-order valence-electron chi connectivity index (χ1n) is 3.99. The van der Waals surface area contributed by atoms with Gasteiger partial charge in [0.25, 0.3) is 0 Å². The number of nitrogens with zero attached hydrogens (tertiary/aromatic N) is 2. The lowest BCUT2D eigenvalue weighted by atomic mass is 10.1. The highest BCUT2D eigenvalue weighted by Gasteiger charge is 1.98. The van der Waals surface area contributed by atoms with Gasteiger partial charge < -0.3 is 0 Å². The summed E-state index contributed by atoms with van der Waals surface area (Å²) in [6.07, 6.45) is 2.92. The number of hydrogen-bond acceptors (Lipinski definition) is 4. The SMILES string of the molecule is Cc1ccc(N=C=O)cc1CN=C=O. The molecule has 0 aromatic heterocycles. The van der Waals surface area contributed by atoms with Crippen LogP contribution in [0.5, 0.6) is 0 Å². The number of hydrogen-bond donors (Lipinski definition) is 0. The lowest BCUT2D eigenvalue weighted by Crippen LogP contribution is -1.86. The molecule has 0 heterocycles. The summed E-state index contributed by atoms with van der Waals surface area (Å²) in [7, 11) is 0. The van der Waals surface area contributed by atoms with Crippen molar-refractivity contribution in [1.82, 2.24) is 0 Å². The number of rotatable bonds is 3. The maximum atomic E-state index is 10.0. The monoisotopic (exact) mass is 188 g/mol. The Labute approximate surface area is 81.0 Å². The van der Waals surface area contributed by atoms with E-state index < -0.39 is 0 Å². The zero-order valence-corrected chi connectivity index (χ0v) is 7.65. The normalized spacial score (nSPS) is 8.64. The maximum absolute atomic E-state index is 10.0. The van der Waals surface area contributed by atoms with Crippen molar-refractivity contribution in [1.29, 1.82) is 0 Å². The summed E-state index contributed by atoms with van der Waals surface area (Å²) in [5, 5.41) is 0. The van der Waals surface area contributed by atoms with E-state index in [0.29, 0.717) is 5.69 Å². The molecule has 0 spiro atoms. The molecule has 1 rings (SSSR count).